The van der Waals surface area contributed by atoms with Crippen molar-refractivity contribution in [1.82, 2.24) is 15.0 Å². The summed E-state index contributed by atoms with van der Waals surface area (Å²) < 4.78 is 32.3. The number of hydrogen-bond donors (Lipinski definition) is 3. The van der Waals surface area contributed by atoms with E-state index in [1.54, 1.807) is 30.3 Å². The van der Waals surface area contributed by atoms with Gasteiger partial charge in [-0.1, -0.05) is 18.2 Å². The molecular weight excluding hydrogens is 384 g/mol. The van der Waals surface area contributed by atoms with Crippen molar-refractivity contribution in [2.75, 3.05) is 16.2 Å². The van der Waals surface area contributed by atoms with E-state index in [1.807, 2.05) is 0 Å². The molecule has 28 heavy (non-hydrogen) atoms. The van der Waals surface area contributed by atoms with Crippen LogP contribution in [0, 0.1) is 0 Å². The van der Waals surface area contributed by atoms with E-state index in [-0.39, 0.29) is 34.8 Å². The molecule has 0 amide bonds. The minimum Gasteiger partial charge on any atom is -0.454 e. The van der Waals surface area contributed by atoms with E-state index in [2.05, 4.69) is 19.7 Å². The van der Waals surface area contributed by atoms with Gasteiger partial charge < -0.3 is 16.2 Å². The molecule has 11 heteroatoms. The monoisotopic (exact) mass is 400 g/mol. The third-order valence-electron chi connectivity index (χ3n) is 3.47. The lowest BCUT2D eigenvalue weighted by Crippen LogP contribution is -2.13. The highest BCUT2D eigenvalue weighted by Crippen LogP contribution is 2.17. The van der Waals surface area contributed by atoms with Gasteiger partial charge in [0.2, 0.25) is 11.9 Å². The Hall–Kier alpha value is -3.73. The van der Waals surface area contributed by atoms with Gasteiger partial charge in [-0.3, -0.25) is 4.72 Å². The maximum Gasteiger partial charge on any atom is 0.338 e. The second kappa shape index (κ2) is 7.88. The van der Waals surface area contributed by atoms with Crippen molar-refractivity contribution in [2.24, 2.45) is 0 Å². The van der Waals surface area contributed by atoms with Crippen molar-refractivity contribution in [3.8, 4) is 0 Å². The van der Waals surface area contributed by atoms with Crippen LogP contribution in [0.2, 0.25) is 0 Å². The summed E-state index contributed by atoms with van der Waals surface area (Å²) in [6.45, 7) is -0.259. The van der Waals surface area contributed by atoms with Crippen LogP contribution in [0.1, 0.15) is 16.2 Å². The molecule has 0 aliphatic heterocycles. The van der Waals surface area contributed by atoms with Crippen LogP contribution in [0.4, 0.5) is 17.6 Å². The van der Waals surface area contributed by atoms with Crippen molar-refractivity contribution in [3.05, 3.63) is 66.0 Å². The number of benzene rings is 2. The number of sulfonamides is 1. The lowest BCUT2D eigenvalue weighted by Gasteiger charge is -2.09. The number of ether oxygens (including phenoxy) is 1. The molecular formula is C17H16N6O4S. The van der Waals surface area contributed by atoms with Gasteiger partial charge in [0.15, 0.2) is 12.4 Å². The van der Waals surface area contributed by atoms with Crippen molar-refractivity contribution in [3.63, 3.8) is 0 Å². The van der Waals surface area contributed by atoms with Crippen LogP contribution >= 0.6 is 0 Å². The quantitative estimate of drug-likeness (QED) is 0.516. The fraction of sp³-hybridized carbons (Fsp3) is 0.0588. The molecule has 10 nitrogen and oxygen atoms in total. The molecule has 144 valence electrons. The molecule has 0 aliphatic carbocycles. The number of carbonyl (C=O) groups excluding carboxylic acids is 1. The molecule has 0 bridgehead atoms. The van der Waals surface area contributed by atoms with Crippen LogP contribution in [-0.2, 0) is 21.4 Å². The van der Waals surface area contributed by atoms with Gasteiger partial charge in [-0.05, 0) is 36.4 Å². The maximum atomic E-state index is 12.4. The molecule has 0 spiro atoms. The second-order valence-corrected chi connectivity index (χ2v) is 7.22. The largest absolute Gasteiger partial charge is 0.454 e. The maximum absolute atomic E-state index is 12.4. The Morgan fingerprint density at radius 1 is 0.929 bits per heavy atom. The Balaban J connectivity index is 1.67. The number of nitrogens with zero attached hydrogens (tertiary/aromatic N) is 3. The van der Waals surface area contributed by atoms with Crippen LogP contribution in [0.3, 0.4) is 0 Å². The van der Waals surface area contributed by atoms with Gasteiger partial charge in [-0.25, -0.2) is 13.2 Å². The molecule has 0 radical (unpaired) electrons. The molecule has 0 atom stereocenters. The molecule has 5 N–H and O–H groups in total. The summed E-state index contributed by atoms with van der Waals surface area (Å²) in [4.78, 5) is 23.3. The van der Waals surface area contributed by atoms with E-state index in [4.69, 9.17) is 16.2 Å². The zero-order chi connectivity index (χ0) is 20.1. The van der Waals surface area contributed by atoms with Gasteiger partial charge in [0, 0.05) is 5.69 Å². The second-order valence-electron chi connectivity index (χ2n) is 5.54. The van der Waals surface area contributed by atoms with E-state index in [0.29, 0.717) is 5.69 Å². The Labute approximate surface area is 160 Å². The Kier molecular flexibility index (Phi) is 5.36. The number of nitrogens with two attached hydrogens (primary N) is 2. The van der Waals surface area contributed by atoms with Crippen molar-refractivity contribution in [1.29, 1.82) is 0 Å². The Bertz CT molecular complexity index is 1070. The zero-order valence-electron chi connectivity index (χ0n) is 14.4. The molecule has 2 aromatic carbocycles. The fourth-order valence-electron chi connectivity index (χ4n) is 2.23. The van der Waals surface area contributed by atoms with Crippen molar-refractivity contribution < 1.29 is 17.9 Å². The standard InChI is InChI=1S/C17H16N6O4S/c18-16-20-14(21-17(19)22-16)10-27-15(24)11-6-8-13(9-7-11)28(25,26)23-12-4-2-1-3-5-12/h1-9,23H,10H2,(H4,18,19,20,21,22). The Morgan fingerprint density at radius 2 is 1.54 bits per heavy atom. The molecule has 0 fully saturated rings. The summed E-state index contributed by atoms with van der Waals surface area (Å²) in [5, 5.41) is 0. The molecule has 0 saturated heterocycles. The molecule has 3 rings (SSSR count). The van der Waals surface area contributed by atoms with Crippen LogP contribution in [0.25, 0.3) is 0 Å². The highest BCUT2D eigenvalue weighted by molar-refractivity contribution is 7.92. The number of anilines is 3. The molecule has 3 aromatic rings. The number of hydrogen-bond acceptors (Lipinski definition) is 9. The summed E-state index contributed by atoms with van der Waals surface area (Å²) >= 11 is 0. The summed E-state index contributed by atoms with van der Waals surface area (Å²) in [5.41, 5.74) is 11.5. The van der Waals surface area contributed by atoms with Crippen LogP contribution in [-0.4, -0.2) is 29.3 Å². The first-order valence-corrected chi connectivity index (χ1v) is 9.43. The summed E-state index contributed by atoms with van der Waals surface area (Å²) in [6.07, 6.45) is 0. The molecule has 0 unspecified atom stereocenters. The summed E-state index contributed by atoms with van der Waals surface area (Å²) in [7, 11) is -3.78. The third-order valence-corrected chi connectivity index (χ3v) is 4.87. The number of nitrogens with one attached hydrogen (secondary N) is 1. The minimum absolute atomic E-state index is 0.00548. The highest BCUT2D eigenvalue weighted by atomic mass is 32.2. The van der Waals surface area contributed by atoms with E-state index in [1.165, 1.54) is 24.3 Å². The third kappa shape index (κ3) is 4.71. The van der Waals surface area contributed by atoms with Crippen molar-refractivity contribution in [2.45, 2.75) is 11.5 Å². The lowest BCUT2D eigenvalue weighted by atomic mass is 10.2. The van der Waals surface area contributed by atoms with Crippen LogP contribution in [0.5, 0.6) is 0 Å². The van der Waals surface area contributed by atoms with Gasteiger partial charge in [-0.15, -0.1) is 0 Å². The molecule has 0 aliphatic rings. The number of rotatable bonds is 6. The molecule has 1 heterocycles. The number of esters is 1. The molecule has 1 aromatic heterocycles. The minimum atomic E-state index is -3.78. The predicted octanol–water partition coefficient (Wildman–Crippen LogP) is 1.19. The number of aromatic nitrogens is 3. The first-order chi connectivity index (χ1) is 13.3. The lowest BCUT2D eigenvalue weighted by molar-refractivity contribution is 0.0462. The fourth-order valence-corrected chi connectivity index (χ4v) is 3.28. The van der Waals surface area contributed by atoms with Gasteiger partial charge in [0.25, 0.3) is 10.0 Å². The normalized spacial score (nSPS) is 11.0. The van der Waals surface area contributed by atoms with Crippen LogP contribution in [0.15, 0.2) is 59.5 Å². The van der Waals surface area contributed by atoms with Crippen molar-refractivity contribution >= 4 is 33.6 Å². The van der Waals surface area contributed by atoms with E-state index in [9.17, 15) is 13.2 Å². The number of carbonyl (C=O) groups is 1. The zero-order valence-corrected chi connectivity index (χ0v) is 15.3. The van der Waals surface area contributed by atoms with Crippen LogP contribution < -0.4 is 16.2 Å². The first-order valence-electron chi connectivity index (χ1n) is 7.94. The summed E-state index contributed by atoms with van der Waals surface area (Å²) in [5.74, 6) is -0.750. The van der Waals surface area contributed by atoms with Gasteiger partial charge in [-0.2, -0.15) is 15.0 Å². The van der Waals surface area contributed by atoms with Gasteiger partial charge in [0.05, 0.1) is 10.5 Å². The van der Waals surface area contributed by atoms with E-state index >= 15 is 0 Å². The summed E-state index contributed by atoms with van der Waals surface area (Å²) in [6, 6.07) is 13.8. The topological polar surface area (TPSA) is 163 Å². The number of para-hydroxylation sites is 1. The van der Waals surface area contributed by atoms with E-state index in [0.717, 1.165) is 0 Å². The van der Waals surface area contributed by atoms with Gasteiger partial charge in [0.1, 0.15) is 0 Å². The molecule has 0 saturated carbocycles. The predicted molar refractivity (Wildman–Crippen MR) is 101 cm³/mol. The smallest absolute Gasteiger partial charge is 0.338 e. The highest BCUT2D eigenvalue weighted by Gasteiger charge is 2.16. The average Bonchev–Trinajstić information content (AvgIpc) is 2.66. The first kappa shape index (κ1) is 19.0. The SMILES string of the molecule is Nc1nc(N)nc(COC(=O)c2ccc(S(=O)(=O)Nc3ccccc3)cc2)n1. The number of nitrogen functional groups attached to an aromatic ring is 2. The van der Waals surface area contributed by atoms with E-state index < -0.39 is 16.0 Å². The van der Waals surface area contributed by atoms with Gasteiger partial charge >= 0.3 is 5.97 Å². The average molecular weight is 400 g/mol. The Morgan fingerprint density at radius 3 is 2.14 bits per heavy atom.